The monoisotopic (exact) mass is 320 g/mol. The summed E-state index contributed by atoms with van der Waals surface area (Å²) in [4.78, 5) is 11.5. The van der Waals surface area contributed by atoms with Crippen molar-refractivity contribution >= 4 is 22.0 Å². The van der Waals surface area contributed by atoms with Gasteiger partial charge in [0.15, 0.2) is 0 Å². The normalized spacial score (nSPS) is 18.7. The summed E-state index contributed by atoms with van der Waals surface area (Å²) in [6.07, 6.45) is 3.67. The molecule has 0 saturated carbocycles. The van der Waals surface area contributed by atoms with Crippen LogP contribution in [0.1, 0.15) is 32.3 Å². The van der Waals surface area contributed by atoms with Gasteiger partial charge < -0.3 is 0 Å². The molecule has 0 N–H and O–H groups in total. The van der Waals surface area contributed by atoms with Gasteiger partial charge in [-0.05, 0) is 38.5 Å². The van der Waals surface area contributed by atoms with Crippen LogP contribution < -0.4 is 0 Å². The first-order valence-electron chi connectivity index (χ1n) is 7.23. The van der Waals surface area contributed by atoms with Crippen LogP contribution >= 0.6 is 0 Å². The summed E-state index contributed by atoms with van der Waals surface area (Å²) in [5.74, 6) is 0. The number of aldehydes is 1. The molecule has 0 saturated heterocycles. The third-order valence-electron chi connectivity index (χ3n) is 3.55. The molecule has 0 aliphatic carbocycles. The van der Waals surface area contributed by atoms with Gasteiger partial charge in [-0.15, -0.1) is 0 Å². The lowest BCUT2D eigenvalue weighted by Crippen LogP contribution is -2.40. The Bertz CT molecular complexity index is 718. The van der Waals surface area contributed by atoms with E-state index in [-0.39, 0.29) is 4.90 Å². The van der Waals surface area contributed by atoms with Gasteiger partial charge in [0, 0.05) is 5.57 Å². The Labute approximate surface area is 131 Å². The minimum absolute atomic E-state index is 0.183. The predicted molar refractivity (Wildman–Crippen MR) is 86.2 cm³/mol. The molecule has 0 spiro atoms. The van der Waals surface area contributed by atoms with Gasteiger partial charge in [-0.2, -0.15) is 17.9 Å². The molecular weight excluding hydrogens is 300 g/mol. The third kappa shape index (κ3) is 3.11. The van der Waals surface area contributed by atoms with Crippen LogP contribution in [0.3, 0.4) is 0 Å². The van der Waals surface area contributed by atoms with Gasteiger partial charge in [-0.1, -0.05) is 31.0 Å². The van der Waals surface area contributed by atoms with Gasteiger partial charge in [0.05, 0.1) is 16.6 Å². The highest BCUT2D eigenvalue weighted by Gasteiger charge is 2.34. The van der Waals surface area contributed by atoms with Gasteiger partial charge in [-0.3, -0.25) is 4.79 Å². The SMILES string of the molecule is CCC[C@@H]1C(C=O)=CC(C)=NN1S(=O)(=O)c1ccc(C)cc1. The molecule has 6 heteroatoms. The van der Waals surface area contributed by atoms with Crippen LogP contribution in [0.5, 0.6) is 0 Å². The van der Waals surface area contributed by atoms with E-state index in [2.05, 4.69) is 5.10 Å². The second-order valence-electron chi connectivity index (χ2n) is 5.40. The Morgan fingerprint density at radius 3 is 2.41 bits per heavy atom. The molecule has 1 heterocycles. The Kier molecular flexibility index (Phi) is 4.81. The smallest absolute Gasteiger partial charge is 0.279 e. The van der Waals surface area contributed by atoms with E-state index in [9.17, 15) is 13.2 Å². The highest BCUT2D eigenvalue weighted by molar-refractivity contribution is 7.89. The van der Waals surface area contributed by atoms with Crippen molar-refractivity contribution in [3.05, 3.63) is 41.5 Å². The molecule has 0 radical (unpaired) electrons. The number of rotatable bonds is 5. The lowest BCUT2D eigenvalue weighted by molar-refractivity contribution is -0.105. The number of aryl methyl sites for hydroxylation is 1. The molecule has 1 aliphatic heterocycles. The van der Waals surface area contributed by atoms with Crippen LogP contribution in [0, 0.1) is 6.92 Å². The molecule has 5 nitrogen and oxygen atoms in total. The van der Waals surface area contributed by atoms with Gasteiger partial charge in [0.25, 0.3) is 10.0 Å². The number of benzene rings is 1. The molecule has 0 amide bonds. The van der Waals surface area contributed by atoms with Crippen molar-refractivity contribution in [1.29, 1.82) is 0 Å². The van der Waals surface area contributed by atoms with Crippen LogP contribution in [0.4, 0.5) is 0 Å². The highest BCUT2D eigenvalue weighted by atomic mass is 32.2. The fourth-order valence-corrected chi connectivity index (χ4v) is 3.92. The van der Waals surface area contributed by atoms with Crippen molar-refractivity contribution in [3.63, 3.8) is 0 Å². The zero-order valence-corrected chi connectivity index (χ0v) is 13.8. The lowest BCUT2D eigenvalue weighted by atomic mass is 10.0. The number of hydrogen-bond donors (Lipinski definition) is 0. The molecule has 0 fully saturated rings. The van der Waals surface area contributed by atoms with Crippen LogP contribution in [0.2, 0.25) is 0 Å². The van der Waals surface area contributed by atoms with E-state index in [0.717, 1.165) is 22.7 Å². The number of carbonyl (C=O) groups excluding carboxylic acids is 1. The molecular formula is C16H20N2O3S. The molecule has 118 valence electrons. The summed E-state index contributed by atoms with van der Waals surface area (Å²) in [6.45, 7) is 5.53. The zero-order valence-electron chi connectivity index (χ0n) is 13.0. The van der Waals surface area contributed by atoms with Crippen molar-refractivity contribution in [3.8, 4) is 0 Å². The first-order chi connectivity index (χ1) is 10.4. The molecule has 0 aromatic heterocycles. The van der Waals surface area contributed by atoms with Crippen molar-refractivity contribution in [2.45, 2.75) is 44.6 Å². The lowest BCUT2D eigenvalue weighted by Gasteiger charge is -2.31. The van der Waals surface area contributed by atoms with Gasteiger partial charge in [0.2, 0.25) is 0 Å². The molecule has 1 aromatic rings. The Morgan fingerprint density at radius 2 is 1.86 bits per heavy atom. The molecule has 1 atom stereocenters. The van der Waals surface area contributed by atoms with E-state index in [0.29, 0.717) is 17.7 Å². The van der Waals surface area contributed by atoms with E-state index in [1.807, 2.05) is 13.8 Å². The number of hydrazone groups is 1. The summed E-state index contributed by atoms with van der Waals surface area (Å²) in [5.41, 5.74) is 1.94. The molecule has 1 aliphatic rings. The maximum Gasteiger partial charge on any atom is 0.279 e. The van der Waals surface area contributed by atoms with E-state index < -0.39 is 16.1 Å². The van der Waals surface area contributed by atoms with E-state index in [4.69, 9.17) is 0 Å². The molecule has 0 bridgehead atoms. The average Bonchev–Trinajstić information content (AvgIpc) is 2.49. The molecule has 0 unspecified atom stereocenters. The summed E-state index contributed by atoms with van der Waals surface area (Å²) in [6, 6.07) is 6.09. The first kappa shape index (κ1) is 16.4. The molecule has 1 aromatic carbocycles. The van der Waals surface area contributed by atoms with Crippen molar-refractivity contribution in [2.75, 3.05) is 0 Å². The second-order valence-corrected chi connectivity index (χ2v) is 7.19. The maximum atomic E-state index is 12.9. The quantitative estimate of drug-likeness (QED) is 0.783. The number of nitrogens with zero attached hydrogens (tertiary/aromatic N) is 2. The summed E-state index contributed by atoms with van der Waals surface area (Å²) >= 11 is 0. The fourth-order valence-electron chi connectivity index (χ4n) is 2.42. The summed E-state index contributed by atoms with van der Waals surface area (Å²) in [5, 5.41) is 4.18. The average molecular weight is 320 g/mol. The Balaban J connectivity index is 2.49. The van der Waals surface area contributed by atoms with Crippen LogP contribution in [0.15, 0.2) is 45.9 Å². The number of allylic oxidation sites excluding steroid dienone is 1. The minimum Gasteiger partial charge on any atom is -0.298 e. The fraction of sp³-hybridized carbons (Fsp3) is 0.375. The summed E-state index contributed by atoms with van der Waals surface area (Å²) in [7, 11) is -3.78. The van der Waals surface area contributed by atoms with Gasteiger partial charge >= 0.3 is 0 Å². The maximum absolute atomic E-state index is 12.9. The second kappa shape index (κ2) is 6.44. The van der Waals surface area contributed by atoms with Crippen LogP contribution in [-0.2, 0) is 14.8 Å². The summed E-state index contributed by atoms with van der Waals surface area (Å²) < 4.78 is 26.8. The van der Waals surface area contributed by atoms with E-state index in [1.165, 1.54) is 0 Å². The molecule has 2 rings (SSSR count). The largest absolute Gasteiger partial charge is 0.298 e. The Morgan fingerprint density at radius 1 is 1.23 bits per heavy atom. The van der Waals surface area contributed by atoms with E-state index in [1.54, 1.807) is 37.3 Å². The van der Waals surface area contributed by atoms with E-state index >= 15 is 0 Å². The standard InChI is InChI=1S/C16H20N2O3S/c1-4-5-16-14(11-19)10-13(3)17-18(16)22(20,21)15-8-6-12(2)7-9-15/h6-11,16H,4-5H2,1-3H3/t16-/m1/s1. The zero-order chi connectivity index (χ0) is 16.3. The number of carbonyl (C=O) groups is 1. The van der Waals surface area contributed by atoms with Crippen molar-refractivity contribution < 1.29 is 13.2 Å². The highest BCUT2D eigenvalue weighted by Crippen LogP contribution is 2.27. The first-order valence-corrected chi connectivity index (χ1v) is 8.67. The predicted octanol–water partition coefficient (Wildman–Crippen LogP) is 2.67. The topological polar surface area (TPSA) is 66.8 Å². The van der Waals surface area contributed by atoms with Crippen molar-refractivity contribution in [2.24, 2.45) is 5.10 Å². The number of sulfonamides is 1. The Hall–Kier alpha value is -1.95. The van der Waals surface area contributed by atoms with Crippen LogP contribution in [-0.4, -0.2) is 30.9 Å². The number of hydrogen-bond acceptors (Lipinski definition) is 4. The molecule has 22 heavy (non-hydrogen) atoms. The van der Waals surface area contributed by atoms with Gasteiger partial charge in [0.1, 0.15) is 6.29 Å². The van der Waals surface area contributed by atoms with Gasteiger partial charge in [-0.25, -0.2) is 0 Å². The minimum atomic E-state index is -3.78. The van der Waals surface area contributed by atoms with Crippen LogP contribution in [0.25, 0.3) is 0 Å². The third-order valence-corrected chi connectivity index (χ3v) is 5.24. The van der Waals surface area contributed by atoms with Crippen molar-refractivity contribution in [1.82, 2.24) is 4.41 Å².